The highest BCUT2D eigenvalue weighted by atomic mass is 32.2. The number of nitrogens with zero attached hydrogens (tertiary/aromatic N) is 3. The number of anilines is 1. The third-order valence-electron chi connectivity index (χ3n) is 6.61. The molecule has 3 aromatic rings. The Labute approximate surface area is 208 Å². The minimum Gasteiger partial charge on any atom is -0.310 e. The van der Waals surface area contributed by atoms with Gasteiger partial charge in [0.25, 0.3) is 0 Å². The Morgan fingerprint density at radius 1 is 1.11 bits per heavy atom. The number of aryl methyl sites for hydroxylation is 3. The molecule has 1 aromatic carbocycles. The highest BCUT2D eigenvalue weighted by Gasteiger charge is 2.42. The highest BCUT2D eigenvalue weighted by Crippen LogP contribution is 2.38. The Morgan fingerprint density at radius 3 is 2.49 bits per heavy atom. The number of ketones is 1. The van der Waals surface area contributed by atoms with E-state index in [1.54, 1.807) is 18.2 Å². The number of hydrogen-bond acceptors (Lipinski definition) is 6. The van der Waals surface area contributed by atoms with Crippen LogP contribution in [-0.4, -0.2) is 36.8 Å². The summed E-state index contributed by atoms with van der Waals surface area (Å²) in [6.45, 7) is 7.69. The first-order chi connectivity index (χ1) is 16.7. The number of carbonyl (C=O) groups excluding carboxylic acids is 2. The predicted octanol–water partition coefficient (Wildman–Crippen LogP) is 4.14. The molecule has 1 N–H and O–H groups in total. The highest BCUT2D eigenvalue weighted by molar-refractivity contribution is 7.85. The van der Waals surface area contributed by atoms with E-state index in [4.69, 9.17) is 0 Å². The Hall–Kier alpha value is -3.26. The van der Waals surface area contributed by atoms with Crippen LogP contribution in [0, 0.1) is 6.92 Å². The van der Waals surface area contributed by atoms with Gasteiger partial charge in [0.15, 0.2) is 5.78 Å². The average Bonchev–Trinajstić information content (AvgIpc) is 2.86. The van der Waals surface area contributed by atoms with Gasteiger partial charge in [-0.1, -0.05) is 26.0 Å². The fourth-order valence-corrected chi connectivity index (χ4v) is 5.21. The van der Waals surface area contributed by atoms with Crippen LogP contribution in [0.1, 0.15) is 65.8 Å². The van der Waals surface area contributed by atoms with Gasteiger partial charge in [-0.3, -0.25) is 13.8 Å². The summed E-state index contributed by atoms with van der Waals surface area (Å²) in [7, 11) is -1.02. The topological polar surface area (TPSA) is 102 Å². The molecule has 1 aliphatic rings. The van der Waals surface area contributed by atoms with Gasteiger partial charge in [-0.25, -0.2) is 4.98 Å². The van der Waals surface area contributed by atoms with Gasteiger partial charge in [-0.05, 0) is 74.6 Å². The van der Waals surface area contributed by atoms with Gasteiger partial charge in [-0.2, -0.15) is 10.2 Å². The zero-order valence-corrected chi connectivity index (χ0v) is 21.4. The number of benzene rings is 1. The van der Waals surface area contributed by atoms with Gasteiger partial charge in [0.05, 0.1) is 39.7 Å². The summed E-state index contributed by atoms with van der Waals surface area (Å²) in [5.41, 5.74) is 3.74. The third-order valence-corrected chi connectivity index (χ3v) is 7.93. The number of Topliss-reactive ketones (excluding diaryl/α,β-unsaturated/α-hetero) is 1. The summed E-state index contributed by atoms with van der Waals surface area (Å²) in [6, 6.07) is 12.8. The van der Waals surface area contributed by atoms with Gasteiger partial charge in [0, 0.05) is 16.2 Å². The van der Waals surface area contributed by atoms with E-state index in [1.807, 2.05) is 52.0 Å². The van der Waals surface area contributed by atoms with Gasteiger partial charge < -0.3 is 5.32 Å². The first-order valence-electron chi connectivity index (χ1n) is 11.9. The quantitative estimate of drug-likeness (QED) is 0.534. The molecule has 7 nitrogen and oxygen atoms in total. The molecule has 0 saturated carbocycles. The van der Waals surface area contributed by atoms with Crippen molar-refractivity contribution in [3.8, 4) is 0 Å². The summed E-state index contributed by atoms with van der Waals surface area (Å²) in [6.07, 6.45) is 2.16. The first kappa shape index (κ1) is 24.9. The van der Waals surface area contributed by atoms with E-state index < -0.39 is 16.2 Å². The lowest BCUT2D eigenvalue weighted by Crippen LogP contribution is -2.39. The molecule has 0 saturated heterocycles. The number of aromatic nitrogens is 3. The maximum Gasteiger partial charge on any atom is 0.229 e. The average molecular weight is 491 g/mol. The van der Waals surface area contributed by atoms with Crippen LogP contribution in [0.3, 0.4) is 0 Å². The molecule has 0 aliphatic heterocycles. The van der Waals surface area contributed by atoms with Crippen molar-refractivity contribution in [3.63, 3.8) is 0 Å². The lowest BCUT2D eigenvalue weighted by molar-refractivity contribution is -0.115. The SMILES string of the molecule is CCc1ccc(C2(C)CCc3nc(NC(=O)Cc4ccc(S(=O)CC)cc4)cc(C)c3C2=O)nn1. The van der Waals surface area contributed by atoms with Crippen LogP contribution in [-0.2, 0) is 40.3 Å². The molecular formula is C27H30N4O3S. The summed E-state index contributed by atoms with van der Waals surface area (Å²) in [4.78, 5) is 31.6. The van der Waals surface area contributed by atoms with Crippen LogP contribution in [0.2, 0.25) is 0 Å². The molecule has 35 heavy (non-hydrogen) atoms. The van der Waals surface area contributed by atoms with Crippen LogP contribution in [0.15, 0.2) is 47.4 Å². The van der Waals surface area contributed by atoms with Gasteiger partial charge in [-0.15, -0.1) is 0 Å². The largest absolute Gasteiger partial charge is 0.310 e. The number of fused-ring (bicyclic) bond motifs is 1. The number of carbonyl (C=O) groups is 2. The Balaban J connectivity index is 1.50. The Morgan fingerprint density at radius 2 is 1.86 bits per heavy atom. The molecule has 8 heteroatoms. The van der Waals surface area contributed by atoms with Crippen molar-refractivity contribution in [1.29, 1.82) is 0 Å². The maximum atomic E-state index is 13.6. The molecule has 0 bridgehead atoms. The molecule has 0 spiro atoms. The molecule has 1 aliphatic carbocycles. The number of hydrogen-bond donors (Lipinski definition) is 1. The Kier molecular flexibility index (Phi) is 7.21. The van der Waals surface area contributed by atoms with Gasteiger partial charge in [0.1, 0.15) is 5.82 Å². The monoisotopic (exact) mass is 490 g/mol. The van der Waals surface area contributed by atoms with Crippen molar-refractivity contribution in [3.05, 3.63) is 76.2 Å². The molecule has 4 rings (SSSR count). The normalized spacial score (nSPS) is 18.1. The second-order valence-electron chi connectivity index (χ2n) is 9.07. The molecule has 2 atom stereocenters. The Bertz CT molecular complexity index is 1290. The standard InChI is InChI=1S/C27H30N4O3S/c1-5-19-9-12-22(31-30-19)27(4)14-13-21-25(26(27)33)17(3)15-23(28-21)29-24(32)16-18-7-10-20(11-8-18)35(34)6-2/h7-12,15H,5-6,13-14,16H2,1-4H3,(H,28,29,32). The van der Waals surface area contributed by atoms with Crippen LogP contribution in [0.4, 0.5) is 5.82 Å². The van der Waals surface area contributed by atoms with Crippen molar-refractivity contribution in [1.82, 2.24) is 15.2 Å². The van der Waals surface area contributed by atoms with E-state index >= 15 is 0 Å². The van der Waals surface area contributed by atoms with E-state index in [-0.39, 0.29) is 18.1 Å². The summed E-state index contributed by atoms with van der Waals surface area (Å²) in [5.74, 6) is 0.797. The smallest absolute Gasteiger partial charge is 0.229 e. The maximum absolute atomic E-state index is 13.6. The molecular weight excluding hydrogens is 460 g/mol. The van der Waals surface area contributed by atoms with Crippen molar-refractivity contribution in [2.75, 3.05) is 11.1 Å². The minimum absolute atomic E-state index is 0.00951. The lowest BCUT2D eigenvalue weighted by Gasteiger charge is -2.33. The van der Waals surface area contributed by atoms with Crippen molar-refractivity contribution in [2.24, 2.45) is 0 Å². The zero-order chi connectivity index (χ0) is 25.2. The van der Waals surface area contributed by atoms with E-state index in [0.29, 0.717) is 41.4 Å². The minimum atomic E-state index is -1.02. The fraction of sp³-hybridized carbons (Fsp3) is 0.370. The lowest BCUT2D eigenvalue weighted by atomic mass is 9.70. The molecule has 0 fully saturated rings. The molecule has 0 radical (unpaired) electrons. The number of nitrogens with one attached hydrogen (secondary N) is 1. The molecule has 2 unspecified atom stereocenters. The molecule has 2 aromatic heterocycles. The molecule has 1 amide bonds. The zero-order valence-electron chi connectivity index (χ0n) is 20.6. The van der Waals surface area contributed by atoms with Crippen LogP contribution in [0.25, 0.3) is 0 Å². The summed E-state index contributed by atoms with van der Waals surface area (Å²) < 4.78 is 11.9. The van der Waals surface area contributed by atoms with Crippen molar-refractivity contribution >= 4 is 28.3 Å². The summed E-state index contributed by atoms with van der Waals surface area (Å²) in [5, 5.41) is 11.5. The number of amides is 1. The van der Waals surface area contributed by atoms with Gasteiger partial charge >= 0.3 is 0 Å². The van der Waals surface area contributed by atoms with E-state index in [9.17, 15) is 13.8 Å². The predicted molar refractivity (Wildman–Crippen MR) is 136 cm³/mol. The van der Waals surface area contributed by atoms with Crippen LogP contribution in [0.5, 0.6) is 0 Å². The van der Waals surface area contributed by atoms with E-state index in [1.165, 1.54) is 0 Å². The van der Waals surface area contributed by atoms with Crippen molar-refractivity contribution < 1.29 is 13.8 Å². The summed E-state index contributed by atoms with van der Waals surface area (Å²) >= 11 is 0. The number of pyridine rings is 1. The van der Waals surface area contributed by atoms with E-state index in [0.717, 1.165) is 28.1 Å². The second kappa shape index (κ2) is 10.2. The van der Waals surface area contributed by atoms with Crippen LogP contribution < -0.4 is 5.32 Å². The van der Waals surface area contributed by atoms with Gasteiger partial charge in [0.2, 0.25) is 5.91 Å². The van der Waals surface area contributed by atoms with E-state index in [2.05, 4.69) is 20.5 Å². The number of rotatable bonds is 7. The third kappa shape index (κ3) is 5.07. The fourth-order valence-electron chi connectivity index (χ4n) is 4.44. The molecule has 182 valence electrons. The van der Waals surface area contributed by atoms with Crippen LogP contribution >= 0.6 is 0 Å². The second-order valence-corrected chi connectivity index (χ2v) is 10.8. The molecule has 2 heterocycles. The first-order valence-corrected chi connectivity index (χ1v) is 13.2. The van der Waals surface area contributed by atoms with Crippen molar-refractivity contribution in [2.45, 2.75) is 63.7 Å².